The van der Waals surface area contributed by atoms with E-state index in [0.29, 0.717) is 22.0 Å². The van der Waals surface area contributed by atoms with E-state index in [1.807, 2.05) is 37.3 Å². The zero-order valence-electron chi connectivity index (χ0n) is 13.3. The number of nitrogens with zero attached hydrogens (tertiary/aromatic N) is 1. The topological polar surface area (TPSA) is 55.1 Å². The van der Waals surface area contributed by atoms with Crippen LogP contribution in [0.25, 0.3) is 0 Å². The van der Waals surface area contributed by atoms with Gasteiger partial charge in [-0.25, -0.2) is 0 Å². The minimum absolute atomic E-state index is 0.207. The highest BCUT2D eigenvalue weighted by Crippen LogP contribution is 2.29. The Balaban J connectivity index is 1.76. The van der Waals surface area contributed by atoms with Crippen molar-refractivity contribution in [2.45, 2.75) is 17.6 Å². The summed E-state index contributed by atoms with van der Waals surface area (Å²) in [6.07, 6.45) is 0. The van der Waals surface area contributed by atoms with Crippen molar-refractivity contribution in [1.82, 2.24) is 5.16 Å². The number of hydrogen-bond donors (Lipinski definition) is 1. The van der Waals surface area contributed by atoms with Crippen LogP contribution in [0.4, 0.5) is 5.69 Å². The van der Waals surface area contributed by atoms with Crippen LogP contribution in [-0.4, -0.2) is 11.1 Å². The molecule has 1 N–H and O–H groups in total. The molecule has 0 bridgehead atoms. The van der Waals surface area contributed by atoms with Gasteiger partial charge in [0.25, 0.3) is 5.91 Å². The van der Waals surface area contributed by atoms with Gasteiger partial charge in [0, 0.05) is 15.4 Å². The standard InChI is InChI=1S/C18H14BrClN2O2S/c1-11-8-13(24-22-11)10-25-17-5-3-2-4-14(17)18(23)21-16-7-6-12(19)9-15(16)20/h2-9H,10H2,1H3,(H,21,23). The molecule has 0 aliphatic carbocycles. The predicted molar refractivity (Wildman–Crippen MR) is 104 cm³/mol. The van der Waals surface area contributed by atoms with Gasteiger partial charge in [-0.15, -0.1) is 11.8 Å². The van der Waals surface area contributed by atoms with Gasteiger partial charge in [-0.1, -0.05) is 44.8 Å². The van der Waals surface area contributed by atoms with Gasteiger partial charge in [0.15, 0.2) is 0 Å². The number of aromatic nitrogens is 1. The van der Waals surface area contributed by atoms with Gasteiger partial charge in [-0.2, -0.15) is 0 Å². The van der Waals surface area contributed by atoms with E-state index in [1.54, 1.807) is 18.2 Å². The number of anilines is 1. The molecule has 7 heteroatoms. The first-order valence-electron chi connectivity index (χ1n) is 7.43. The fraction of sp³-hybridized carbons (Fsp3) is 0.111. The molecule has 3 aromatic rings. The third-order valence-corrected chi connectivity index (χ3v) is 5.26. The van der Waals surface area contributed by atoms with Crippen molar-refractivity contribution in [2.75, 3.05) is 5.32 Å². The highest BCUT2D eigenvalue weighted by molar-refractivity contribution is 9.10. The molecule has 1 heterocycles. The van der Waals surface area contributed by atoms with Crippen LogP contribution in [0.1, 0.15) is 21.8 Å². The van der Waals surface area contributed by atoms with Crippen molar-refractivity contribution in [3.05, 3.63) is 75.0 Å². The van der Waals surface area contributed by atoms with Crippen molar-refractivity contribution < 1.29 is 9.32 Å². The Morgan fingerprint density at radius 2 is 2.08 bits per heavy atom. The molecule has 0 aliphatic heterocycles. The number of aryl methyl sites for hydroxylation is 1. The van der Waals surface area contributed by atoms with Gasteiger partial charge < -0.3 is 9.84 Å². The van der Waals surface area contributed by atoms with Crippen molar-refractivity contribution >= 4 is 50.9 Å². The minimum atomic E-state index is -0.207. The molecule has 25 heavy (non-hydrogen) atoms. The molecule has 128 valence electrons. The quantitative estimate of drug-likeness (QED) is 0.502. The summed E-state index contributed by atoms with van der Waals surface area (Å²) < 4.78 is 6.07. The van der Waals surface area contributed by atoms with Crippen molar-refractivity contribution in [3.8, 4) is 0 Å². The first kappa shape index (κ1) is 18.0. The largest absolute Gasteiger partial charge is 0.360 e. The van der Waals surface area contributed by atoms with E-state index >= 15 is 0 Å². The van der Waals surface area contributed by atoms with Crippen LogP contribution in [0.15, 0.2) is 62.4 Å². The molecule has 0 spiro atoms. The van der Waals surface area contributed by atoms with E-state index < -0.39 is 0 Å². The zero-order valence-corrected chi connectivity index (χ0v) is 16.4. The second kappa shape index (κ2) is 8.08. The smallest absolute Gasteiger partial charge is 0.256 e. The van der Waals surface area contributed by atoms with Crippen LogP contribution in [0.3, 0.4) is 0 Å². The molecule has 2 aromatic carbocycles. The Hall–Kier alpha value is -1.76. The third-order valence-electron chi connectivity index (χ3n) is 3.36. The molecule has 3 rings (SSSR count). The van der Waals surface area contributed by atoms with E-state index in [1.165, 1.54) is 11.8 Å². The number of halogens is 2. The Kier molecular flexibility index (Phi) is 5.83. The molecular weight excluding hydrogens is 424 g/mol. The number of carbonyl (C=O) groups is 1. The van der Waals surface area contributed by atoms with E-state index in [9.17, 15) is 4.79 Å². The SMILES string of the molecule is Cc1cc(CSc2ccccc2C(=O)Nc2ccc(Br)cc2Cl)on1. The number of rotatable bonds is 5. The predicted octanol–water partition coefficient (Wildman–Crippen LogP) is 5.94. The van der Waals surface area contributed by atoms with Gasteiger partial charge in [-0.05, 0) is 37.3 Å². The summed E-state index contributed by atoms with van der Waals surface area (Å²) >= 11 is 11.0. The average molecular weight is 438 g/mol. The van der Waals surface area contributed by atoms with Gasteiger partial charge in [0.1, 0.15) is 5.76 Å². The van der Waals surface area contributed by atoms with Gasteiger partial charge in [0.05, 0.1) is 27.7 Å². The van der Waals surface area contributed by atoms with E-state index in [4.69, 9.17) is 16.1 Å². The number of benzene rings is 2. The molecule has 1 amide bonds. The highest BCUT2D eigenvalue weighted by Gasteiger charge is 2.14. The molecule has 0 radical (unpaired) electrons. The summed E-state index contributed by atoms with van der Waals surface area (Å²) in [7, 11) is 0. The number of nitrogens with one attached hydrogen (secondary N) is 1. The second-order valence-corrected chi connectivity index (χ2v) is 7.64. The zero-order chi connectivity index (χ0) is 17.8. The van der Waals surface area contributed by atoms with E-state index in [2.05, 4.69) is 26.4 Å². The lowest BCUT2D eigenvalue weighted by molar-refractivity contribution is 0.102. The summed E-state index contributed by atoms with van der Waals surface area (Å²) in [6, 6.07) is 14.6. The summed E-state index contributed by atoms with van der Waals surface area (Å²) in [4.78, 5) is 13.5. The Labute approximate surface area is 163 Å². The highest BCUT2D eigenvalue weighted by atomic mass is 79.9. The van der Waals surface area contributed by atoms with Crippen molar-refractivity contribution in [1.29, 1.82) is 0 Å². The molecular formula is C18H14BrClN2O2S. The summed E-state index contributed by atoms with van der Waals surface area (Å²) in [5, 5.41) is 7.21. The van der Waals surface area contributed by atoms with Crippen LogP contribution < -0.4 is 5.32 Å². The fourth-order valence-electron chi connectivity index (χ4n) is 2.19. The van der Waals surface area contributed by atoms with Crippen LogP contribution in [0, 0.1) is 6.92 Å². The van der Waals surface area contributed by atoms with Crippen molar-refractivity contribution in [2.24, 2.45) is 0 Å². The van der Waals surface area contributed by atoms with Crippen LogP contribution in [0.2, 0.25) is 5.02 Å². The lowest BCUT2D eigenvalue weighted by atomic mass is 10.2. The number of amides is 1. The monoisotopic (exact) mass is 436 g/mol. The normalized spacial score (nSPS) is 10.7. The minimum Gasteiger partial charge on any atom is -0.360 e. The lowest BCUT2D eigenvalue weighted by Gasteiger charge is -2.10. The van der Waals surface area contributed by atoms with E-state index in [0.717, 1.165) is 20.8 Å². The number of thioether (sulfide) groups is 1. The van der Waals surface area contributed by atoms with Gasteiger partial charge >= 0.3 is 0 Å². The Morgan fingerprint density at radius 1 is 1.28 bits per heavy atom. The molecule has 0 atom stereocenters. The lowest BCUT2D eigenvalue weighted by Crippen LogP contribution is -2.13. The summed E-state index contributed by atoms with van der Waals surface area (Å²) in [5.41, 5.74) is 2.00. The second-order valence-electron chi connectivity index (χ2n) is 5.30. The number of hydrogen-bond acceptors (Lipinski definition) is 4. The number of carbonyl (C=O) groups excluding carboxylic acids is 1. The van der Waals surface area contributed by atoms with Gasteiger partial charge in [0.2, 0.25) is 0 Å². The van der Waals surface area contributed by atoms with Crippen LogP contribution in [-0.2, 0) is 5.75 Å². The Bertz CT molecular complexity index is 914. The summed E-state index contributed by atoms with van der Waals surface area (Å²) in [5.74, 6) is 1.17. The van der Waals surface area contributed by atoms with Crippen LogP contribution >= 0.6 is 39.3 Å². The molecule has 0 unspecified atom stereocenters. The Morgan fingerprint density at radius 3 is 2.80 bits per heavy atom. The van der Waals surface area contributed by atoms with Gasteiger partial charge in [-0.3, -0.25) is 4.79 Å². The maximum absolute atomic E-state index is 12.7. The molecule has 0 aliphatic rings. The third kappa shape index (κ3) is 4.66. The fourth-order valence-corrected chi connectivity index (χ4v) is 3.84. The van der Waals surface area contributed by atoms with Crippen molar-refractivity contribution in [3.63, 3.8) is 0 Å². The molecule has 1 aromatic heterocycles. The first-order chi connectivity index (χ1) is 12.0. The molecule has 0 saturated carbocycles. The molecule has 4 nitrogen and oxygen atoms in total. The molecule has 0 fully saturated rings. The van der Waals surface area contributed by atoms with E-state index in [-0.39, 0.29) is 5.91 Å². The van der Waals surface area contributed by atoms with Crippen LogP contribution in [0.5, 0.6) is 0 Å². The first-order valence-corrected chi connectivity index (χ1v) is 9.59. The average Bonchev–Trinajstić information content (AvgIpc) is 3.01. The summed E-state index contributed by atoms with van der Waals surface area (Å²) in [6.45, 7) is 1.88. The maximum Gasteiger partial charge on any atom is 0.256 e. The maximum atomic E-state index is 12.7. The molecule has 0 saturated heterocycles.